The van der Waals surface area contributed by atoms with E-state index in [0.29, 0.717) is 24.0 Å². The third-order valence-corrected chi connectivity index (χ3v) is 12.3. The number of benzene rings is 2. The molecule has 4 aliphatic rings. The van der Waals surface area contributed by atoms with Gasteiger partial charge in [-0.3, -0.25) is 9.52 Å². The van der Waals surface area contributed by atoms with Gasteiger partial charge in [-0.05, 0) is 98.9 Å². The molecule has 0 aromatic heterocycles. The second-order valence-corrected chi connectivity index (χ2v) is 15.9. The van der Waals surface area contributed by atoms with Crippen LogP contribution in [-0.4, -0.2) is 73.3 Å². The minimum absolute atomic E-state index is 0.0867. The molecule has 7 nitrogen and oxygen atoms in total. The molecule has 2 aromatic rings. The van der Waals surface area contributed by atoms with Crippen molar-refractivity contribution in [2.75, 3.05) is 57.9 Å². The standard InChI is InChI=1S/C32H43ClN2O3S.C5H11NO/c1-4-7-24-16-28(33)13-14-29(24)27-19-35-18-26-11-10-23(26)9-6-5-8-21(2)22(3)39(37)34-32(36)25-12-15-31(38-20-27)30(35)17-25;1-6-2-4-7-5-3-6/h12-17,21-23,26-27H,4-11,18-20H2,1-3H3,(H,34,36);2-5H2,1H3. The Hall–Kier alpha value is -2.13. The summed E-state index contributed by atoms with van der Waals surface area (Å²) in [7, 11) is 0.687. The number of fused-ring (bicyclic) bond motifs is 2. The second-order valence-electron chi connectivity index (χ2n) is 13.9. The van der Waals surface area contributed by atoms with Gasteiger partial charge >= 0.3 is 0 Å². The van der Waals surface area contributed by atoms with Crippen LogP contribution in [0.15, 0.2) is 36.4 Å². The van der Waals surface area contributed by atoms with E-state index in [0.717, 1.165) is 87.5 Å². The maximum Gasteiger partial charge on any atom is 0.263 e. The first-order valence-electron chi connectivity index (χ1n) is 17.5. The fraction of sp³-hybridized carbons (Fsp3) is 0.649. The van der Waals surface area contributed by atoms with Crippen molar-refractivity contribution in [1.29, 1.82) is 0 Å². The molecule has 46 heavy (non-hydrogen) atoms. The summed E-state index contributed by atoms with van der Waals surface area (Å²) in [6.45, 7) is 12.8. The van der Waals surface area contributed by atoms with Crippen LogP contribution in [0.5, 0.6) is 5.75 Å². The number of likely N-dealkylation sites (N-methyl/N-ethyl adjacent to an activating group) is 1. The van der Waals surface area contributed by atoms with Gasteiger partial charge in [-0.2, -0.15) is 0 Å². The third kappa shape index (κ3) is 9.06. The Bertz CT molecular complexity index is 1340. The molecule has 2 fully saturated rings. The van der Waals surface area contributed by atoms with Crippen LogP contribution in [0.3, 0.4) is 0 Å². The van der Waals surface area contributed by atoms with E-state index in [-0.39, 0.29) is 17.1 Å². The summed E-state index contributed by atoms with van der Waals surface area (Å²) in [5.41, 5.74) is 4.11. The van der Waals surface area contributed by atoms with Gasteiger partial charge in [-0.25, -0.2) is 4.21 Å². The first-order chi connectivity index (χ1) is 22.2. The Morgan fingerprint density at radius 3 is 2.43 bits per heavy atom. The fourth-order valence-electron chi connectivity index (χ4n) is 7.21. The topological polar surface area (TPSA) is 71.1 Å². The van der Waals surface area contributed by atoms with Gasteiger partial charge in [0.15, 0.2) is 0 Å². The number of aryl methyl sites for hydroxylation is 1. The van der Waals surface area contributed by atoms with Crippen molar-refractivity contribution in [3.8, 4) is 5.75 Å². The Labute approximate surface area is 284 Å². The van der Waals surface area contributed by atoms with E-state index in [1.165, 1.54) is 36.8 Å². The Morgan fingerprint density at radius 2 is 1.74 bits per heavy atom. The third-order valence-electron chi connectivity index (χ3n) is 10.6. The zero-order valence-electron chi connectivity index (χ0n) is 28.3. The van der Waals surface area contributed by atoms with Crippen LogP contribution in [0.25, 0.3) is 0 Å². The normalized spacial score (nSPS) is 29.2. The number of morpholine rings is 1. The maximum absolute atomic E-state index is 13.2. The lowest BCUT2D eigenvalue weighted by Gasteiger charge is -2.41. The summed E-state index contributed by atoms with van der Waals surface area (Å²) in [6.07, 6.45) is 9.30. The molecule has 6 atom stereocenters. The van der Waals surface area contributed by atoms with E-state index >= 15 is 0 Å². The minimum atomic E-state index is -1.43. The van der Waals surface area contributed by atoms with E-state index in [9.17, 15) is 9.00 Å². The van der Waals surface area contributed by atoms with Crippen LogP contribution in [0, 0.1) is 17.8 Å². The SMILES string of the molecule is CCCc1cc(Cl)ccc1C1COc2ccc3cc2N(C1)CC1CCC1CCCCC(C)C(C)S(=O)NC3=O.CN1CCOCC1. The number of nitrogens with zero attached hydrogens (tertiary/aromatic N) is 2. The van der Waals surface area contributed by atoms with Gasteiger partial charge in [0, 0.05) is 42.7 Å². The van der Waals surface area contributed by atoms with Gasteiger partial charge in [0.05, 0.1) is 30.8 Å². The summed E-state index contributed by atoms with van der Waals surface area (Å²) in [4.78, 5) is 18.0. The Morgan fingerprint density at radius 1 is 0.978 bits per heavy atom. The highest BCUT2D eigenvalue weighted by atomic mass is 35.5. The number of ether oxygens (including phenoxy) is 2. The molecule has 0 radical (unpaired) electrons. The smallest absolute Gasteiger partial charge is 0.263 e. The van der Waals surface area contributed by atoms with Crippen LogP contribution in [0.4, 0.5) is 5.69 Å². The largest absolute Gasteiger partial charge is 0.491 e. The zero-order valence-corrected chi connectivity index (χ0v) is 29.8. The molecular formula is C37H54ClN3O4S. The van der Waals surface area contributed by atoms with Crippen LogP contribution in [0.1, 0.15) is 93.1 Å². The molecule has 254 valence electrons. The van der Waals surface area contributed by atoms with Crippen molar-refractivity contribution in [2.45, 2.75) is 83.3 Å². The number of hydrogen-bond donors (Lipinski definition) is 1. The van der Waals surface area contributed by atoms with Crippen LogP contribution in [-0.2, 0) is 22.1 Å². The second kappa shape index (κ2) is 16.8. The first-order valence-corrected chi connectivity index (χ1v) is 19.1. The molecule has 3 aliphatic heterocycles. The molecule has 3 heterocycles. The number of halogens is 1. The molecule has 9 heteroatoms. The number of rotatable bonds is 3. The summed E-state index contributed by atoms with van der Waals surface area (Å²) in [6, 6.07) is 12.0. The molecule has 1 N–H and O–H groups in total. The van der Waals surface area contributed by atoms with Crippen molar-refractivity contribution in [1.82, 2.24) is 9.62 Å². The predicted octanol–water partition coefficient (Wildman–Crippen LogP) is 7.24. The van der Waals surface area contributed by atoms with E-state index in [1.54, 1.807) is 6.07 Å². The lowest BCUT2D eigenvalue weighted by atomic mass is 9.70. The fourth-order valence-corrected chi connectivity index (χ4v) is 8.45. The minimum Gasteiger partial charge on any atom is -0.491 e. The summed E-state index contributed by atoms with van der Waals surface area (Å²) in [5, 5.41) is 0.690. The molecule has 0 spiro atoms. The number of nitrogens with one attached hydrogen (secondary N) is 1. The highest BCUT2D eigenvalue weighted by molar-refractivity contribution is 7.84. The predicted molar refractivity (Wildman–Crippen MR) is 190 cm³/mol. The Kier molecular flexibility index (Phi) is 12.9. The van der Waals surface area contributed by atoms with Gasteiger partial charge in [0.25, 0.3) is 5.91 Å². The molecule has 1 amide bonds. The quantitative estimate of drug-likeness (QED) is 0.371. The van der Waals surface area contributed by atoms with E-state index in [4.69, 9.17) is 21.1 Å². The van der Waals surface area contributed by atoms with Crippen molar-refractivity contribution >= 4 is 34.2 Å². The number of amides is 1. The summed E-state index contributed by atoms with van der Waals surface area (Å²) < 4.78 is 27.4. The van der Waals surface area contributed by atoms with Crippen LogP contribution < -0.4 is 14.4 Å². The zero-order chi connectivity index (χ0) is 32.6. The van der Waals surface area contributed by atoms with Gasteiger partial charge in [0.2, 0.25) is 0 Å². The van der Waals surface area contributed by atoms with Gasteiger partial charge in [-0.15, -0.1) is 0 Å². The first kappa shape index (κ1) is 35.2. The highest BCUT2D eigenvalue weighted by Crippen LogP contribution is 2.43. The molecule has 2 bridgehead atoms. The average molecular weight is 672 g/mol. The molecule has 1 saturated heterocycles. The average Bonchev–Trinajstić information content (AvgIpc) is 3.22. The van der Waals surface area contributed by atoms with Crippen molar-refractivity contribution in [3.05, 3.63) is 58.1 Å². The molecule has 6 rings (SSSR count). The number of anilines is 1. The Balaban J connectivity index is 0.000000527. The maximum atomic E-state index is 13.2. The molecule has 1 saturated carbocycles. The molecule has 6 unspecified atom stereocenters. The highest BCUT2D eigenvalue weighted by Gasteiger charge is 2.35. The van der Waals surface area contributed by atoms with Crippen LogP contribution >= 0.6 is 11.6 Å². The van der Waals surface area contributed by atoms with E-state index in [2.05, 4.69) is 47.5 Å². The van der Waals surface area contributed by atoms with Gasteiger partial charge in [-0.1, -0.05) is 57.2 Å². The van der Waals surface area contributed by atoms with Crippen LogP contribution in [0.2, 0.25) is 5.02 Å². The van der Waals surface area contributed by atoms with Crippen molar-refractivity contribution in [3.63, 3.8) is 0 Å². The molecule has 2 aromatic carbocycles. The van der Waals surface area contributed by atoms with E-state index in [1.807, 2.05) is 25.1 Å². The summed E-state index contributed by atoms with van der Waals surface area (Å²) >= 11 is 6.39. The van der Waals surface area contributed by atoms with Crippen molar-refractivity contribution < 1.29 is 18.5 Å². The number of hydrogen-bond acceptors (Lipinski definition) is 6. The monoisotopic (exact) mass is 671 g/mol. The van der Waals surface area contributed by atoms with Crippen molar-refractivity contribution in [2.24, 2.45) is 17.8 Å². The van der Waals surface area contributed by atoms with Gasteiger partial charge < -0.3 is 19.3 Å². The summed E-state index contributed by atoms with van der Waals surface area (Å²) in [5.74, 6) is 2.45. The van der Waals surface area contributed by atoms with E-state index < -0.39 is 11.0 Å². The van der Waals surface area contributed by atoms with Gasteiger partial charge in [0.1, 0.15) is 16.7 Å². The molecular weight excluding hydrogens is 618 g/mol. The molecule has 1 aliphatic carbocycles. The number of carbonyl (C=O) groups is 1. The lowest BCUT2D eigenvalue weighted by molar-refractivity contribution is 0.0503. The lowest BCUT2D eigenvalue weighted by Crippen LogP contribution is -2.40. The number of carbonyl (C=O) groups excluding carboxylic acids is 1.